The summed E-state index contributed by atoms with van der Waals surface area (Å²) in [7, 11) is 1.57. The highest BCUT2D eigenvalue weighted by Crippen LogP contribution is 2.22. The molecular weight excluding hydrogens is 90.0 g/mol. The van der Waals surface area contributed by atoms with Gasteiger partial charge in [0.1, 0.15) is 0 Å². The average Bonchev–Trinajstić information content (AvgIpc) is 0.811. The molecule has 0 saturated carbocycles. The lowest BCUT2D eigenvalue weighted by atomic mass is 13.9. The van der Waals surface area contributed by atoms with Gasteiger partial charge in [0.05, 0.1) is 0 Å². The van der Waals surface area contributed by atoms with E-state index >= 15 is 0 Å². The van der Waals surface area contributed by atoms with E-state index in [2.05, 4.69) is 8.93 Å². The zero-order valence-corrected chi connectivity index (χ0v) is 4.23. The predicted octanol–water partition coefficient (Wildman–Crippen LogP) is 0.00580. The normalized spacial score (nSPS) is 9.00. The second-order valence-corrected chi connectivity index (χ2v) is 3.13. The van der Waals surface area contributed by atoms with Crippen LogP contribution in [0.4, 0.5) is 0 Å². The molecule has 0 rings (SSSR count). The highest BCUT2D eigenvalue weighted by molar-refractivity contribution is 8.11. The lowest BCUT2D eigenvalue weighted by Crippen LogP contribution is -1.87. The van der Waals surface area contributed by atoms with Crippen molar-refractivity contribution in [3.05, 3.63) is 0 Å². The van der Waals surface area contributed by atoms with Crippen LogP contribution in [-0.2, 0) is 0 Å². The summed E-state index contributed by atoms with van der Waals surface area (Å²) >= 11 is 0. The minimum absolute atomic E-state index is 0.704. The Labute approximate surface area is 28.9 Å². The van der Waals surface area contributed by atoms with Gasteiger partial charge in [-0.2, -0.15) is 0 Å². The highest BCUT2D eigenvalue weighted by Gasteiger charge is 1.65. The van der Waals surface area contributed by atoms with E-state index in [1.807, 2.05) is 0 Å². The number of hydrogen-bond donors (Lipinski definition) is 2. The molecule has 4 heteroatoms. The maximum atomic E-state index is 4.92. The predicted molar refractivity (Wildman–Crippen MR) is 25.0 cm³/mol. The van der Waals surface area contributed by atoms with Crippen LogP contribution in [0, 0.1) is 0 Å². The Morgan fingerprint density at radius 2 is 1.50 bits per heavy atom. The van der Waals surface area contributed by atoms with E-state index in [4.69, 9.17) is 11.0 Å². The van der Waals surface area contributed by atoms with Crippen molar-refractivity contribution < 1.29 is 0 Å². The van der Waals surface area contributed by atoms with Crippen molar-refractivity contribution in [2.24, 2.45) is 11.0 Å². The number of nitrogens with two attached hydrogens (primary N) is 2. The van der Waals surface area contributed by atoms with Gasteiger partial charge in [-0.3, -0.25) is 11.0 Å². The first-order chi connectivity index (χ1) is 1.73. The zero-order valence-electron chi connectivity index (χ0n) is 2.18. The second-order valence-electron chi connectivity index (χ2n) is 0.447. The Morgan fingerprint density at radius 3 is 1.50 bits per heavy atom. The Bertz CT molecular complexity index is 8.75. The van der Waals surface area contributed by atoms with Gasteiger partial charge < -0.3 is 0 Å². The van der Waals surface area contributed by atoms with Crippen molar-refractivity contribution in [2.45, 2.75) is 0 Å². The van der Waals surface area contributed by atoms with Crippen LogP contribution >= 0.6 is 16.8 Å². The summed E-state index contributed by atoms with van der Waals surface area (Å²) < 4.78 is 0. The summed E-state index contributed by atoms with van der Waals surface area (Å²) in [6.45, 7) is 0. The summed E-state index contributed by atoms with van der Waals surface area (Å²) in [5.74, 6) is 0. The zero-order chi connectivity index (χ0) is 3.58. The van der Waals surface area contributed by atoms with Crippen molar-refractivity contribution in [1.82, 2.24) is 0 Å². The molecule has 0 saturated heterocycles. The largest absolute Gasteiger partial charge is 0.295 e. The fourth-order valence-corrected chi connectivity index (χ4v) is 0. The van der Waals surface area contributed by atoms with Crippen LogP contribution in [0.15, 0.2) is 0 Å². The minimum Gasteiger partial charge on any atom is -0.295 e. The molecule has 2 nitrogen and oxygen atoms in total. The summed E-state index contributed by atoms with van der Waals surface area (Å²) in [4.78, 5) is 0. The van der Waals surface area contributed by atoms with Gasteiger partial charge in [0.25, 0.3) is 0 Å². The minimum atomic E-state index is -0.704. The lowest BCUT2D eigenvalue weighted by molar-refractivity contribution is 1.85. The van der Waals surface area contributed by atoms with Crippen LogP contribution in [-0.4, -0.2) is 0 Å². The summed E-state index contributed by atoms with van der Waals surface area (Å²) in [6, 6.07) is 0. The fraction of sp³-hybridized carbons (Fsp3) is 0. The quantitative estimate of drug-likeness (QED) is 0.417. The number of hydrogen-bond acceptors (Lipinski definition) is 2. The monoisotopic (exact) mass is 96.0 g/mol. The molecule has 0 aliphatic rings. The molecule has 1 atom stereocenters. The summed E-state index contributed by atoms with van der Waals surface area (Å²) in [5.41, 5.74) is 9.83. The fourth-order valence-electron chi connectivity index (χ4n) is 0. The molecule has 0 radical (unpaired) electrons. The molecule has 0 aliphatic carbocycles. The van der Waals surface area contributed by atoms with E-state index in [0.29, 0.717) is 0 Å². The van der Waals surface area contributed by atoms with Crippen LogP contribution in [0.2, 0.25) is 0 Å². The van der Waals surface area contributed by atoms with Gasteiger partial charge in [0, 0.05) is 7.91 Å². The van der Waals surface area contributed by atoms with E-state index in [-0.39, 0.29) is 0 Å². The highest BCUT2D eigenvalue weighted by atomic mass is 32.0. The van der Waals surface area contributed by atoms with E-state index in [1.54, 1.807) is 0 Å². The third kappa shape index (κ3) is 14.5. The topological polar surface area (TPSA) is 52.0 Å². The summed E-state index contributed by atoms with van der Waals surface area (Å²) in [5, 5.41) is 0. The van der Waals surface area contributed by atoms with Gasteiger partial charge >= 0.3 is 0 Å². The lowest BCUT2D eigenvalue weighted by Gasteiger charge is -1.83. The van der Waals surface area contributed by atoms with Crippen molar-refractivity contribution in [2.75, 3.05) is 0 Å². The van der Waals surface area contributed by atoms with Crippen LogP contribution in [0.1, 0.15) is 0 Å². The average molecular weight is 96.0 g/mol. The molecule has 0 aromatic rings. The molecule has 0 bridgehead atoms. The van der Waals surface area contributed by atoms with Crippen LogP contribution in [0.3, 0.4) is 0 Å². The van der Waals surface area contributed by atoms with Crippen molar-refractivity contribution in [3.8, 4) is 0 Å². The van der Waals surface area contributed by atoms with E-state index in [1.165, 1.54) is 0 Å². The molecule has 0 aromatic heterocycles. The summed E-state index contributed by atoms with van der Waals surface area (Å²) in [6.07, 6.45) is 0. The first kappa shape index (κ1) is 4.78. The third-order valence-corrected chi connectivity index (χ3v) is 0. The van der Waals surface area contributed by atoms with Crippen molar-refractivity contribution in [1.29, 1.82) is 0 Å². The molecule has 0 aliphatic heterocycles. The van der Waals surface area contributed by atoms with Gasteiger partial charge in [-0.05, 0) is 0 Å². The number of rotatable bonds is 0. The molecule has 0 aromatic carbocycles. The van der Waals surface area contributed by atoms with Crippen LogP contribution in [0.5, 0.6) is 0 Å². The molecule has 26 valence electrons. The molecule has 0 heterocycles. The first-order valence-corrected chi connectivity index (χ1v) is 3.87. The standard InChI is InChI=1S/H6N2P2/c1-4(2)3/h1-3H2. The van der Waals surface area contributed by atoms with Gasteiger partial charge in [0.15, 0.2) is 0 Å². The Hall–Kier alpha value is 0.780. The van der Waals surface area contributed by atoms with Gasteiger partial charge in [0.2, 0.25) is 0 Å². The third-order valence-electron chi connectivity index (χ3n) is 0. The molecule has 0 fully saturated rings. The SMILES string of the molecule is NP(N)P. The van der Waals surface area contributed by atoms with Gasteiger partial charge in [-0.1, -0.05) is 8.93 Å². The maximum absolute atomic E-state index is 4.92. The maximum Gasteiger partial charge on any atom is 0.0470 e. The smallest absolute Gasteiger partial charge is 0.0470 e. The van der Waals surface area contributed by atoms with Gasteiger partial charge in [-0.25, -0.2) is 0 Å². The molecule has 0 amide bonds. The molecular formula is H6N2P2. The van der Waals surface area contributed by atoms with E-state index < -0.39 is 7.91 Å². The van der Waals surface area contributed by atoms with Crippen molar-refractivity contribution >= 4 is 16.8 Å². The second kappa shape index (κ2) is 2.04. The Balaban J connectivity index is 2.32. The Kier molecular flexibility index (Phi) is 2.44. The molecule has 4 N–H and O–H groups in total. The first-order valence-electron chi connectivity index (χ1n) is 0.775. The molecule has 4 heavy (non-hydrogen) atoms. The molecule has 0 spiro atoms. The van der Waals surface area contributed by atoms with E-state index in [9.17, 15) is 0 Å². The van der Waals surface area contributed by atoms with Crippen LogP contribution in [0.25, 0.3) is 0 Å². The van der Waals surface area contributed by atoms with E-state index in [0.717, 1.165) is 0 Å². The Morgan fingerprint density at radius 1 is 1.50 bits per heavy atom. The van der Waals surface area contributed by atoms with Gasteiger partial charge in [-0.15, -0.1) is 0 Å². The van der Waals surface area contributed by atoms with Crippen LogP contribution < -0.4 is 11.0 Å². The molecule has 1 unspecified atom stereocenters. The van der Waals surface area contributed by atoms with Crippen molar-refractivity contribution in [3.63, 3.8) is 0 Å².